The molecule has 0 aliphatic carbocycles. The molecule has 1 aromatic heterocycles. The number of aromatic amines is 1. The lowest BCUT2D eigenvalue weighted by Gasteiger charge is -2.10. The van der Waals surface area contributed by atoms with Crippen LogP contribution in [0.5, 0.6) is 0 Å². The third-order valence-corrected chi connectivity index (χ3v) is 3.03. The van der Waals surface area contributed by atoms with Gasteiger partial charge in [-0.3, -0.25) is 4.79 Å². The number of aromatic nitrogens is 1. The molecule has 84 valence electrons. The average molecular weight is 219 g/mol. The largest absolute Gasteiger partial charge is 0.328 e. The van der Waals surface area contributed by atoms with Crippen LogP contribution < -0.4 is 5.56 Å². The first kappa shape index (κ1) is 10.9. The van der Waals surface area contributed by atoms with Crippen molar-refractivity contribution >= 4 is 10.8 Å². The molecule has 0 spiro atoms. The fourth-order valence-electron chi connectivity index (χ4n) is 1.82. The summed E-state index contributed by atoms with van der Waals surface area (Å²) in [5.41, 5.74) is 0.573. The van der Waals surface area contributed by atoms with Crippen LogP contribution in [0.3, 0.4) is 0 Å². The van der Waals surface area contributed by atoms with Crippen molar-refractivity contribution in [2.45, 2.75) is 26.2 Å². The van der Waals surface area contributed by atoms with E-state index in [1.54, 1.807) is 12.3 Å². The molecule has 1 aromatic carbocycles. The third-order valence-electron chi connectivity index (χ3n) is 3.03. The van der Waals surface area contributed by atoms with Gasteiger partial charge in [-0.15, -0.1) is 0 Å². The lowest BCUT2D eigenvalue weighted by molar-refractivity contribution is 0.630. The van der Waals surface area contributed by atoms with Crippen molar-refractivity contribution in [2.24, 2.45) is 0 Å². The second kappa shape index (κ2) is 4.08. The van der Waals surface area contributed by atoms with Crippen LogP contribution in [0.2, 0.25) is 0 Å². The number of nitrogens with one attached hydrogen (secondary N) is 1. The predicted molar refractivity (Wildman–Crippen MR) is 63.2 cm³/mol. The SMILES string of the molecule is CCC(C)c1cc(F)c2c(=O)[nH]ccc2c1. The standard InChI is InChI=1S/C13H14FNO/c1-3-8(2)10-6-9-4-5-15-13(16)12(9)11(14)7-10/h4-8H,3H2,1-2H3,(H,15,16). The molecule has 3 heteroatoms. The van der Waals surface area contributed by atoms with Gasteiger partial charge in [0.15, 0.2) is 0 Å². The van der Waals surface area contributed by atoms with E-state index in [2.05, 4.69) is 11.9 Å². The lowest BCUT2D eigenvalue weighted by atomic mass is 9.96. The van der Waals surface area contributed by atoms with Crippen molar-refractivity contribution in [3.05, 3.63) is 46.1 Å². The van der Waals surface area contributed by atoms with Crippen LogP contribution in [0, 0.1) is 5.82 Å². The highest BCUT2D eigenvalue weighted by Crippen LogP contribution is 2.24. The Morgan fingerprint density at radius 1 is 1.44 bits per heavy atom. The Morgan fingerprint density at radius 3 is 2.88 bits per heavy atom. The maximum Gasteiger partial charge on any atom is 0.258 e. The van der Waals surface area contributed by atoms with Gasteiger partial charge >= 0.3 is 0 Å². The predicted octanol–water partition coefficient (Wildman–Crippen LogP) is 3.18. The number of halogens is 1. The molecule has 2 nitrogen and oxygen atoms in total. The quantitative estimate of drug-likeness (QED) is 0.826. The van der Waals surface area contributed by atoms with Gasteiger partial charge in [-0.1, -0.05) is 19.9 Å². The van der Waals surface area contributed by atoms with E-state index in [9.17, 15) is 9.18 Å². The minimum Gasteiger partial charge on any atom is -0.328 e. The minimum atomic E-state index is -0.436. The Balaban J connectivity index is 2.73. The van der Waals surface area contributed by atoms with Crippen LogP contribution in [-0.2, 0) is 0 Å². The van der Waals surface area contributed by atoms with Crippen LogP contribution in [0.4, 0.5) is 4.39 Å². The van der Waals surface area contributed by atoms with E-state index in [-0.39, 0.29) is 10.9 Å². The van der Waals surface area contributed by atoms with Gasteiger partial charge in [0.25, 0.3) is 5.56 Å². The first-order chi connectivity index (χ1) is 7.63. The van der Waals surface area contributed by atoms with Crippen molar-refractivity contribution in [1.29, 1.82) is 0 Å². The molecule has 0 saturated carbocycles. The zero-order valence-electron chi connectivity index (χ0n) is 9.38. The minimum absolute atomic E-state index is 0.148. The summed E-state index contributed by atoms with van der Waals surface area (Å²) in [7, 11) is 0. The van der Waals surface area contributed by atoms with Gasteiger partial charge in [0, 0.05) is 6.20 Å². The van der Waals surface area contributed by atoms with Gasteiger partial charge in [-0.05, 0) is 35.4 Å². The zero-order valence-corrected chi connectivity index (χ0v) is 9.38. The molecular formula is C13H14FNO. The van der Waals surface area contributed by atoms with Gasteiger partial charge in [-0.2, -0.15) is 0 Å². The van der Waals surface area contributed by atoms with Crippen LogP contribution in [-0.4, -0.2) is 4.98 Å². The summed E-state index contributed by atoms with van der Waals surface area (Å²) < 4.78 is 13.8. The molecular weight excluding hydrogens is 205 g/mol. The average Bonchev–Trinajstić information content (AvgIpc) is 2.27. The summed E-state index contributed by atoms with van der Waals surface area (Å²) in [4.78, 5) is 13.9. The number of pyridine rings is 1. The first-order valence-corrected chi connectivity index (χ1v) is 5.44. The number of hydrogen-bond donors (Lipinski definition) is 1. The maximum absolute atomic E-state index is 13.8. The second-order valence-corrected chi connectivity index (χ2v) is 4.08. The normalized spacial score (nSPS) is 12.9. The van der Waals surface area contributed by atoms with Crippen molar-refractivity contribution in [2.75, 3.05) is 0 Å². The fourth-order valence-corrected chi connectivity index (χ4v) is 1.82. The van der Waals surface area contributed by atoms with E-state index in [1.165, 1.54) is 6.07 Å². The lowest BCUT2D eigenvalue weighted by Crippen LogP contribution is -2.07. The Kier molecular flexibility index (Phi) is 2.77. The summed E-state index contributed by atoms with van der Waals surface area (Å²) in [5.74, 6) is -0.132. The number of rotatable bonds is 2. The van der Waals surface area contributed by atoms with Gasteiger partial charge in [0.1, 0.15) is 5.82 Å². The molecule has 0 saturated heterocycles. The Bertz CT molecular complexity index is 574. The van der Waals surface area contributed by atoms with E-state index in [4.69, 9.17) is 0 Å². The van der Waals surface area contributed by atoms with Crippen LogP contribution in [0.1, 0.15) is 31.7 Å². The number of hydrogen-bond acceptors (Lipinski definition) is 1. The van der Waals surface area contributed by atoms with Crippen LogP contribution in [0.15, 0.2) is 29.2 Å². The van der Waals surface area contributed by atoms with Crippen molar-refractivity contribution in [1.82, 2.24) is 4.98 Å². The summed E-state index contributed by atoms with van der Waals surface area (Å²) in [6.07, 6.45) is 2.50. The molecule has 0 fully saturated rings. The van der Waals surface area contributed by atoms with Gasteiger partial charge in [-0.25, -0.2) is 4.39 Å². The molecule has 1 N–H and O–H groups in total. The van der Waals surface area contributed by atoms with E-state index in [0.717, 1.165) is 12.0 Å². The molecule has 2 aromatic rings. The number of H-pyrrole nitrogens is 1. The molecule has 1 atom stereocenters. The fraction of sp³-hybridized carbons (Fsp3) is 0.308. The van der Waals surface area contributed by atoms with Crippen LogP contribution in [0.25, 0.3) is 10.8 Å². The zero-order chi connectivity index (χ0) is 11.7. The molecule has 0 aliphatic heterocycles. The highest BCUT2D eigenvalue weighted by atomic mass is 19.1. The summed E-state index contributed by atoms with van der Waals surface area (Å²) in [5, 5.41) is 0.814. The third kappa shape index (κ3) is 1.73. The van der Waals surface area contributed by atoms with Crippen molar-refractivity contribution < 1.29 is 4.39 Å². The van der Waals surface area contributed by atoms with E-state index in [0.29, 0.717) is 11.3 Å². The van der Waals surface area contributed by atoms with Crippen LogP contribution >= 0.6 is 0 Å². The molecule has 0 bridgehead atoms. The maximum atomic E-state index is 13.8. The number of benzene rings is 1. The second-order valence-electron chi connectivity index (χ2n) is 4.08. The molecule has 0 aliphatic rings. The highest BCUT2D eigenvalue weighted by molar-refractivity contribution is 5.82. The molecule has 1 heterocycles. The Morgan fingerprint density at radius 2 is 2.19 bits per heavy atom. The highest BCUT2D eigenvalue weighted by Gasteiger charge is 2.10. The number of fused-ring (bicyclic) bond motifs is 1. The van der Waals surface area contributed by atoms with E-state index >= 15 is 0 Å². The monoisotopic (exact) mass is 219 g/mol. The Labute approximate surface area is 93.1 Å². The molecule has 0 amide bonds. The van der Waals surface area contributed by atoms with Gasteiger partial charge in [0.2, 0.25) is 0 Å². The molecule has 16 heavy (non-hydrogen) atoms. The van der Waals surface area contributed by atoms with E-state index < -0.39 is 5.82 Å². The van der Waals surface area contributed by atoms with Gasteiger partial charge in [0.05, 0.1) is 5.39 Å². The Hall–Kier alpha value is -1.64. The smallest absolute Gasteiger partial charge is 0.258 e. The first-order valence-electron chi connectivity index (χ1n) is 5.44. The summed E-state index contributed by atoms with van der Waals surface area (Å²) >= 11 is 0. The molecule has 0 radical (unpaired) electrons. The molecule has 2 rings (SSSR count). The topological polar surface area (TPSA) is 32.9 Å². The molecule has 1 unspecified atom stereocenters. The summed E-state index contributed by atoms with van der Waals surface area (Å²) in [6.45, 7) is 4.11. The summed E-state index contributed by atoms with van der Waals surface area (Å²) in [6, 6.07) is 5.08. The van der Waals surface area contributed by atoms with Crippen molar-refractivity contribution in [3.8, 4) is 0 Å². The van der Waals surface area contributed by atoms with Crippen molar-refractivity contribution in [3.63, 3.8) is 0 Å². The van der Waals surface area contributed by atoms with Gasteiger partial charge < -0.3 is 4.98 Å². The van der Waals surface area contributed by atoms with E-state index in [1.807, 2.05) is 13.0 Å².